The van der Waals surface area contributed by atoms with Crippen LogP contribution < -0.4 is 20.1 Å². The van der Waals surface area contributed by atoms with Gasteiger partial charge in [0.25, 0.3) is 0 Å². The van der Waals surface area contributed by atoms with Crippen LogP contribution in [-0.2, 0) is 0 Å². The van der Waals surface area contributed by atoms with Crippen LogP contribution in [0.1, 0.15) is 19.3 Å². The lowest BCUT2D eigenvalue weighted by molar-refractivity contribution is 0.310. The second kappa shape index (κ2) is 8.97. The molecule has 1 aromatic rings. The number of nitrogens with one attached hydrogen (secondary N) is 2. The van der Waals surface area contributed by atoms with Gasteiger partial charge in [0.15, 0.2) is 5.96 Å². The summed E-state index contributed by atoms with van der Waals surface area (Å²) in [6, 6.07) is 8.10. The normalized spacial score (nSPS) is 14.9. The number of hydrogen-bond acceptors (Lipinski definition) is 3. The van der Waals surface area contributed by atoms with Crippen LogP contribution in [0.2, 0.25) is 0 Å². The molecule has 120 valence electrons. The fourth-order valence-corrected chi connectivity index (χ4v) is 2.26. The summed E-state index contributed by atoms with van der Waals surface area (Å²) in [5, 5.41) is 6.72. The molecule has 0 unspecified atom stereocenters. The first-order valence-corrected chi connectivity index (χ1v) is 7.71. The second-order valence-corrected chi connectivity index (χ2v) is 5.16. The van der Waals surface area contributed by atoms with Gasteiger partial charge in [-0.15, -0.1) is 0 Å². The number of methoxy groups -OCH3 is 1. The molecule has 0 spiro atoms. The van der Waals surface area contributed by atoms with Gasteiger partial charge in [-0.1, -0.05) is 12.2 Å². The van der Waals surface area contributed by atoms with Gasteiger partial charge < -0.3 is 20.1 Å². The molecule has 0 aromatic heterocycles. The van der Waals surface area contributed by atoms with Crippen LogP contribution in [-0.4, -0.2) is 39.3 Å². The summed E-state index contributed by atoms with van der Waals surface area (Å²) in [7, 11) is 3.45. The molecule has 1 aliphatic rings. The lowest BCUT2D eigenvalue weighted by Crippen LogP contribution is -2.42. The predicted molar refractivity (Wildman–Crippen MR) is 89.8 cm³/mol. The minimum absolute atomic E-state index is 0.474. The molecule has 0 aliphatic heterocycles. The van der Waals surface area contributed by atoms with Crippen molar-refractivity contribution in [3.8, 4) is 11.5 Å². The van der Waals surface area contributed by atoms with Gasteiger partial charge in [0.05, 0.1) is 13.7 Å². The maximum absolute atomic E-state index is 5.69. The van der Waals surface area contributed by atoms with E-state index < -0.39 is 0 Å². The summed E-state index contributed by atoms with van der Waals surface area (Å²) < 4.78 is 10.8. The number of hydrogen-bond donors (Lipinski definition) is 2. The molecule has 0 heterocycles. The lowest BCUT2D eigenvalue weighted by Gasteiger charge is -2.16. The molecule has 1 aliphatic carbocycles. The largest absolute Gasteiger partial charge is 0.497 e. The Balaban J connectivity index is 1.59. The van der Waals surface area contributed by atoms with E-state index in [9.17, 15) is 0 Å². The Morgan fingerprint density at radius 2 is 1.86 bits per heavy atom. The second-order valence-electron chi connectivity index (χ2n) is 5.16. The van der Waals surface area contributed by atoms with Gasteiger partial charge in [0, 0.05) is 19.6 Å². The molecule has 22 heavy (non-hydrogen) atoms. The Morgan fingerprint density at radius 3 is 2.50 bits per heavy atom. The first-order chi connectivity index (χ1) is 10.8. The van der Waals surface area contributed by atoms with E-state index in [0.29, 0.717) is 12.6 Å². The molecule has 5 nitrogen and oxygen atoms in total. The van der Waals surface area contributed by atoms with Gasteiger partial charge in [-0.2, -0.15) is 0 Å². The van der Waals surface area contributed by atoms with Gasteiger partial charge >= 0.3 is 0 Å². The average molecular weight is 303 g/mol. The molecule has 0 amide bonds. The number of aliphatic imine (C=N–C) groups is 1. The van der Waals surface area contributed by atoms with Crippen molar-refractivity contribution >= 4 is 5.96 Å². The molecule has 2 rings (SSSR count). The monoisotopic (exact) mass is 303 g/mol. The predicted octanol–water partition coefficient (Wildman–Crippen LogP) is 2.35. The average Bonchev–Trinajstić information content (AvgIpc) is 3.07. The Morgan fingerprint density at radius 1 is 1.18 bits per heavy atom. The van der Waals surface area contributed by atoms with Gasteiger partial charge in [0.1, 0.15) is 11.5 Å². The SMILES string of the molecule is CN=C(NCCCOc1ccc(OC)cc1)NC1CC=CC1. The third-order valence-corrected chi connectivity index (χ3v) is 3.51. The van der Waals surface area contributed by atoms with Crippen LogP contribution in [0.25, 0.3) is 0 Å². The van der Waals surface area contributed by atoms with Crippen molar-refractivity contribution in [2.75, 3.05) is 27.3 Å². The van der Waals surface area contributed by atoms with Crippen molar-refractivity contribution in [3.05, 3.63) is 36.4 Å². The molecule has 0 saturated heterocycles. The first kappa shape index (κ1) is 16.2. The maximum atomic E-state index is 5.69. The number of ether oxygens (including phenoxy) is 2. The van der Waals surface area contributed by atoms with E-state index >= 15 is 0 Å². The van der Waals surface area contributed by atoms with Crippen molar-refractivity contribution in [2.24, 2.45) is 4.99 Å². The summed E-state index contributed by atoms with van der Waals surface area (Å²) in [6.45, 7) is 1.50. The maximum Gasteiger partial charge on any atom is 0.191 e. The first-order valence-electron chi connectivity index (χ1n) is 7.71. The number of nitrogens with zero attached hydrogens (tertiary/aromatic N) is 1. The van der Waals surface area contributed by atoms with E-state index in [4.69, 9.17) is 9.47 Å². The van der Waals surface area contributed by atoms with Crippen molar-refractivity contribution < 1.29 is 9.47 Å². The van der Waals surface area contributed by atoms with Crippen LogP contribution in [0.15, 0.2) is 41.4 Å². The van der Waals surface area contributed by atoms with Gasteiger partial charge in [0.2, 0.25) is 0 Å². The van der Waals surface area contributed by atoms with Crippen LogP contribution >= 0.6 is 0 Å². The Labute approximate surface area is 132 Å². The lowest BCUT2D eigenvalue weighted by atomic mass is 10.2. The summed E-state index contributed by atoms with van der Waals surface area (Å²) in [5.74, 6) is 2.56. The summed E-state index contributed by atoms with van der Waals surface area (Å²) in [6.07, 6.45) is 7.46. The third kappa shape index (κ3) is 5.31. The van der Waals surface area contributed by atoms with Crippen molar-refractivity contribution in [1.29, 1.82) is 0 Å². The summed E-state index contributed by atoms with van der Waals surface area (Å²) >= 11 is 0. The van der Waals surface area contributed by atoms with Crippen LogP contribution in [0.3, 0.4) is 0 Å². The van der Waals surface area contributed by atoms with E-state index in [0.717, 1.165) is 43.3 Å². The third-order valence-electron chi connectivity index (χ3n) is 3.51. The molecule has 2 N–H and O–H groups in total. The highest BCUT2D eigenvalue weighted by molar-refractivity contribution is 5.80. The molecule has 1 aromatic carbocycles. The zero-order valence-corrected chi connectivity index (χ0v) is 13.3. The fourth-order valence-electron chi connectivity index (χ4n) is 2.26. The molecule has 5 heteroatoms. The van der Waals surface area contributed by atoms with Crippen molar-refractivity contribution in [2.45, 2.75) is 25.3 Å². The Bertz CT molecular complexity index is 489. The summed E-state index contributed by atoms with van der Waals surface area (Å²) in [5.41, 5.74) is 0. The highest BCUT2D eigenvalue weighted by atomic mass is 16.5. The molecular formula is C17H25N3O2. The van der Waals surface area contributed by atoms with E-state index in [1.165, 1.54) is 0 Å². The standard InChI is InChI=1S/C17H25N3O2/c1-18-17(20-14-6-3-4-7-14)19-12-5-13-22-16-10-8-15(21-2)9-11-16/h3-4,8-11,14H,5-7,12-13H2,1-2H3,(H2,18,19,20). The van der Waals surface area contributed by atoms with E-state index in [2.05, 4.69) is 27.8 Å². The van der Waals surface area contributed by atoms with Crippen molar-refractivity contribution in [3.63, 3.8) is 0 Å². The van der Waals surface area contributed by atoms with Crippen LogP contribution in [0.5, 0.6) is 11.5 Å². The van der Waals surface area contributed by atoms with E-state index in [1.54, 1.807) is 14.2 Å². The molecular weight excluding hydrogens is 278 g/mol. The topological polar surface area (TPSA) is 54.9 Å². The van der Waals surface area contributed by atoms with Gasteiger partial charge in [-0.25, -0.2) is 0 Å². The quantitative estimate of drug-likeness (QED) is 0.351. The number of rotatable bonds is 7. The zero-order valence-electron chi connectivity index (χ0n) is 13.3. The number of benzene rings is 1. The van der Waals surface area contributed by atoms with E-state index in [1.807, 2.05) is 24.3 Å². The molecule has 0 fully saturated rings. The zero-order chi connectivity index (χ0) is 15.6. The smallest absolute Gasteiger partial charge is 0.191 e. The minimum atomic E-state index is 0.474. The number of guanidine groups is 1. The fraction of sp³-hybridized carbons (Fsp3) is 0.471. The Hall–Kier alpha value is -2.17. The van der Waals surface area contributed by atoms with Gasteiger partial charge in [-0.05, 0) is 43.5 Å². The minimum Gasteiger partial charge on any atom is -0.497 e. The highest BCUT2D eigenvalue weighted by Gasteiger charge is 2.10. The van der Waals surface area contributed by atoms with Crippen LogP contribution in [0.4, 0.5) is 0 Å². The highest BCUT2D eigenvalue weighted by Crippen LogP contribution is 2.16. The molecule has 0 saturated carbocycles. The molecule has 0 atom stereocenters. The van der Waals surface area contributed by atoms with Crippen LogP contribution in [0, 0.1) is 0 Å². The Kier molecular flexibility index (Phi) is 6.61. The van der Waals surface area contributed by atoms with E-state index in [-0.39, 0.29) is 0 Å². The van der Waals surface area contributed by atoms with Gasteiger partial charge in [-0.3, -0.25) is 4.99 Å². The summed E-state index contributed by atoms with van der Waals surface area (Å²) in [4.78, 5) is 4.24. The molecule has 0 bridgehead atoms. The molecule has 0 radical (unpaired) electrons. The van der Waals surface area contributed by atoms with Crippen molar-refractivity contribution in [1.82, 2.24) is 10.6 Å².